The SMILES string of the molecule is CNc1nccc(-c2cccnc2Oc2ccc(Nc3nc4ccccc4n3-c3ccccc3)cc2)n1. The highest BCUT2D eigenvalue weighted by Crippen LogP contribution is 2.32. The first-order chi connectivity index (χ1) is 18.3. The molecule has 180 valence electrons. The van der Waals surface area contributed by atoms with Gasteiger partial charge < -0.3 is 15.4 Å². The maximum Gasteiger partial charge on any atom is 0.228 e. The summed E-state index contributed by atoms with van der Waals surface area (Å²) in [4.78, 5) is 18.0. The van der Waals surface area contributed by atoms with Crippen molar-refractivity contribution in [2.75, 3.05) is 17.7 Å². The summed E-state index contributed by atoms with van der Waals surface area (Å²) in [6.07, 6.45) is 3.40. The van der Waals surface area contributed by atoms with Crippen LogP contribution in [0, 0.1) is 0 Å². The maximum absolute atomic E-state index is 6.14. The monoisotopic (exact) mass is 485 g/mol. The van der Waals surface area contributed by atoms with E-state index in [2.05, 4.69) is 48.4 Å². The van der Waals surface area contributed by atoms with Gasteiger partial charge in [0, 0.05) is 30.8 Å². The Morgan fingerprint density at radius 3 is 2.38 bits per heavy atom. The predicted octanol–water partition coefficient (Wildman–Crippen LogP) is 6.46. The molecule has 0 spiro atoms. The molecule has 0 fully saturated rings. The molecule has 0 unspecified atom stereocenters. The van der Waals surface area contributed by atoms with Crippen LogP contribution in [0.5, 0.6) is 11.6 Å². The summed E-state index contributed by atoms with van der Waals surface area (Å²) in [6.45, 7) is 0. The first-order valence-corrected chi connectivity index (χ1v) is 11.8. The Bertz CT molecular complexity index is 1660. The molecule has 8 heteroatoms. The second kappa shape index (κ2) is 9.79. The van der Waals surface area contributed by atoms with Gasteiger partial charge in [-0.15, -0.1) is 0 Å². The number of nitrogens with zero attached hydrogens (tertiary/aromatic N) is 5. The summed E-state index contributed by atoms with van der Waals surface area (Å²) in [5.74, 6) is 2.39. The van der Waals surface area contributed by atoms with Crippen molar-refractivity contribution in [1.82, 2.24) is 24.5 Å². The third-order valence-corrected chi connectivity index (χ3v) is 5.83. The van der Waals surface area contributed by atoms with Gasteiger partial charge in [-0.3, -0.25) is 4.57 Å². The molecule has 0 aliphatic rings. The van der Waals surface area contributed by atoms with Crippen LogP contribution in [0.1, 0.15) is 0 Å². The van der Waals surface area contributed by atoms with E-state index in [4.69, 9.17) is 9.72 Å². The van der Waals surface area contributed by atoms with Gasteiger partial charge in [-0.05, 0) is 66.7 Å². The average molecular weight is 486 g/mol. The van der Waals surface area contributed by atoms with Crippen LogP contribution >= 0.6 is 0 Å². The topological polar surface area (TPSA) is 89.8 Å². The number of aromatic nitrogens is 5. The molecule has 0 atom stereocenters. The fourth-order valence-corrected chi connectivity index (χ4v) is 4.09. The van der Waals surface area contributed by atoms with Crippen LogP contribution in [0.4, 0.5) is 17.6 Å². The molecule has 6 rings (SSSR count). The molecule has 0 saturated heterocycles. The predicted molar refractivity (Wildman–Crippen MR) is 146 cm³/mol. The van der Waals surface area contributed by atoms with Crippen LogP contribution in [0.15, 0.2) is 109 Å². The lowest BCUT2D eigenvalue weighted by molar-refractivity contribution is 0.465. The smallest absolute Gasteiger partial charge is 0.228 e. The van der Waals surface area contributed by atoms with E-state index in [1.165, 1.54) is 0 Å². The second-order valence-electron chi connectivity index (χ2n) is 8.22. The van der Waals surface area contributed by atoms with E-state index in [1.54, 1.807) is 19.4 Å². The Hall–Kier alpha value is -5.24. The highest BCUT2D eigenvalue weighted by Gasteiger charge is 2.14. The van der Waals surface area contributed by atoms with Crippen LogP contribution in [0.3, 0.4) is 0 Å². The number of benzene rings is 3. The molecule has 2 N–H and O–H groups in total. The van der Waals surface area contributed by atoms with Gasteiger partial charge in [0.15, 0.2) is 0 Å². The lowest BCUT2D eigenvalue weighted by Crippen LogP contribution is -2.01. The molecule has 8 nitrogen and oxygen atoms in total. The number of pyridine rings is 1. The highest BCUT2D eigenvalue weighted by atomic mass is 16.5. The van der Waals surface area contributed by atoms with Crippen LogP contribution in [-0.4, -0.2) is 31.6 Å². The Morgan fingerprint density at radius 1 is 0.730 bits per heavy atom. The fraction of sp³-hybridized carbons (Fsp3) is 0.0345. The molecule has 6 aromatic rings. The quantitative estimate of drug-likeness (QED) is 0.268. The maximum atomic E-state index is 6.14. The Kier molecular flexibility index (Phi) is 5.88. The molecule has 0 aliphatic heterocycles. The molecular weight excluding hydrogens is 462 g/mol. The summed E-state index contributed by atoms with van der Waals surface area (Å²) in [7, 11) is 1.78. The number of rotatable bonds is 7. The van der Waals surface area contributed by atoms with E-state index in [0.29, 0.717) is 17.6 Å². The van der Waals surface area contributed by atoms with E-state index in [0.717, 1.165) is 39.6 Å². The third kappa shape index (κ3) is 4.55. The van der Waals surface area contributed by atoms with Gasteiger partial charge in [-0.1, -0.05) is 30.3 Å². The lowest BCUT2D eigenvalue weighted by Gasteiger charge is -2.12. The molecule has 0 bridgehead atoms. The number of hydrogen-bond acceptors (Lipinski definition) is 7. The number of anilines is 3. The van der Waals surface area contributed by atoms with Gasteiger partial charge in [0.1, 0.15) is 5.75 Å². The molecule has 37 heavy (non-hydrogen) atoms. The van der Waals surface area contributed by atoms with Crippen molar-refractivity contribution in [2.45, 2.75) is 0 Å². The van der Waals surface area contributed by atoms with E-state index in [1.807, 2.05) is 78.9 Å². The van der Waals surface area contributed by atoms with Crippen molar-refractivity contribution in [3.05, 3.63) is 109 Å². The van der Waals surface area contributed by atoms with Crippen molar-refractivity contribution < 1.29 is 4.74 Å². The van der Waals surface area contributed by atoms with Gasteiger partial charge in [0.05, 0.1) is 22.3 Å². The molecule has 3 aromatic heterocycles. The number of para-hydroxylation sites is 3. The summed E-state index contributed by atoms with van der Waals surface area (Å²) in [5.41, 5.74) is 5.37. The average Bonchev–Trinajstić information content (AvgIpc) is 3.32. The van der Waals surface area contributed by atoms with Crippen molar-refractivity contribution in [3.63, 3.8) is 0 Å². The number of hydrogen-bond donors (Lipinski definition) is 2. The molecule has 0 saturated carbocycles. The zero-order valence-corrected chi connectivity index (χ0v) is 20.0. The van der Waals surface area contributed by atoms with Crippen LogP contribution in [-0.2, 0) is 0 Å². The second-order valence-corrected chi connectivity index (χ2v) is 8.22. The van der Waals surface area contributed by atoms with Gasteiger partial charge in [-0.2, -0.15) is 0 Å². The lowest BCUT2D eigenvalue weighted by atomic mass is 10.2. The van der Waals surface area contributed by atoms with E-state index < -0.39 is 0 Å². The van der Waals surface area contributed by atoms with E-state index in [9.17, 15) is 0 Å². The zero-order valence-electron chi connectivity index (χ0n) is 20.0. The van der Waals surface area contributed by atoms with Crippen molar-refractivity contribution in [3.8, 4) is 28.6 Å². The molecule has 3 aromatic carbocycles. The van der Waals surface area contributed by atoms with Crippen molar-refractivity contribution in [1.29, 1.82) is 0 Å². The van der Waals surface area contributed by atoms with Crippen molar-refractivity contribution >= 4 is 28.6 Å². The van der Waals surface area contributed by atoms with Gasteiger partial charge in [0.25, 0.3) is 0 Å². The number of fused-ring (bicyclic) bond motifs is 1. The first-order valence-electron chi connectivity index (χ1n) is 11.8. The van der Waals surface area contributed by atoms with Crippen LogP contribution < -0.4 is 15.4 Å². The Balaban J connectivity index is 1.27. The minimum absolute atomic E-state index is 0.467. The summed E-state index contributed by atoms with van der Waals surface area (Å²) < 4.78 is 8.26. The normalized spacial score (nSPS) is 10.8. The largest absolute Gasteiger partial charge is 0.438 e. The molecular formula is C29H23N7O. The number of imidazole rings is 1. The molecule has 0 radical (unpaired) electrons. The van der Waals surface area contributed by atoms with Crippen LogP contribution in [0.25, 0.3) is 28.0 Å². The minimum Gasteiger partial charge on any atom is -0.438 e. The van der Waals surface area contributed by atoms with Crippen LogP contribution in [0.2, 0.25) is 0 Å². The fourth-order valence-electron chi connectivity index (χ4n) is 4.09. The van der Waals surface area contributed by atoms with Gasteiger partial charge in [-0.25, -0.2) is 19.9 Å². The summed E-state index contributed by atoms with van der Waals surface area (Å²) in [5, 5.41) is 6.42. The molecule has 3 heterocycles. The highest BCUT2D eigenvalue weighted by molar-refractivity contribution is 5.82. The molecule has 0 amide bonds. The summed E-state index contributed by atoms with van der Waals surface area (Å²) >= 11 is 0. The number of ether oxygens (including phenoxy) is 1. The third-order valence-electron chi connectivity index (χ3n) is 5.83. The van der Waals surface area contributed by atoms with E-state index >= 15 is 0 Å². The summed E-state index contributed by atoms with van der Waals surface area (Å²) in [6, 6.07) is 31.6. The minimum atomic E-state index is 0.467. The number of nitrogens with one attached hydrogen (secondary N) is 2. The Labute approximate surface area is 213 Å². The first kappa shape index (κ1) is 22.2. The Morgan fingerprint density at radius 2 is 1.54 bits per heavy atom. The van der Waals surface area contributed by atoms with Crippen molar-refractivity contribution in [2.24, 2.45) is 0 Å². The van der Waals surface area contributed by atoms with Gasteiger partial charge in [0.2, 0.25) is 17.8 Å². The van der Waals surface area contributed by atoms with Gasteiger partial charge >= 0.3 is 0 Å². The standard InChI is InChI=1S/C29H23N7O/c1-30-28-32-19-17-24(34-28)23-10-7-18-31-27(23)37-22-15-13-20(14-16-22)33-29-35-25-11-5-6-12-26(25)36(29)21-8-3-2-4-9-21/h2-19H,1H3,(H,33,35)(H,30,32,34). The van der Waals surface area contributed by atoms with E-state index in [-0.39, 0.29) is 0 Å². The molecule has 0 aliphatic carbocycles. The zero-order chi connectivity index (χ0) is 25.0.